The number of hydrogen-bond acceptors (Lipinski definition) is 4. The van der Waals surface area contributed by atoms with Crippen LogP contribution in [0.4, 0.5) is 0 Å². The van der Waals surface area contributed by atoms with Crippen LogP contribution in [0.1, 0.15) is 23.6 Å². The molecule has 1 saturated heterocycles. The number of halogens is 2. The van der Waals surface area contributed by atoms with Gasteiger partial charge in [0.05, 0.1) is 11.8 Å². The number of allylic oxidation sites excluding steroid dienone is 4. The molecule has 0 bridgehead atoms. The van der Waals surface area contributed by atoms with Gasteiger partial charge in [-0.2, -0.15) is 0 Å². The number of benzene rings is 2. The molecule has 32 heavy (non-hydrogen) atoms. The van der Waals surface area contributed by atoms with E-state index in [1.54, 1.807) is 0 Å². The maximum Gasteiger partial charge on any atom is 0.172 e. The Morgan fingerprint density at radius 2 is 1.59 bits per heavy atom. The summed E-state index contributed by atoms with van der Waals surface area (Å²) < 4.78 is 25.6. The second kappa shape index (κ2) is 9.84. The van der Waals surface area contributed by atoms with E-state index in [1.165, 1.54) is 5.41 Å². The number of hydrogen-bond donors (Lipinski definition) is 1. The van der Waals surface area contributed by atoms with Gasteiger partial charge in [-0.05, 0) is 53.0 Å². The van der Waals surface area contributed by atoms with Crippen molar-refractivity contribution in [1.82, 2.24) is 10.2 Å². The minimum absolute atomic E-state index is 0.0337. The smallest absolute Gasteiger partial charge is 0.172 e. The number of sulfone groups is 1. The van der Waals surface area contributed by atoms with Crippen LogP contribution >= 0.6 is 23.2 Å². The predicted octanol–water partition coefficient (Wildman–Crippen LogP) is 5.38. The molecule has 1 aliphatic heterocycles. The van der Waals surface area contributed by atoms with E-state index in [4.69, 9.17) is 23.2 Å². The highest BCUT2D eigenvalue weighted by Crippen LogP contribution is 2.36. The summed E-state index contributed by atoms with van der Waals surface area (Å²) in [5.74, 6) is 0.263. The topological polar surface area (TPSA) is 49.4 Å². The summed E-state index contributed by atoms with van der Waals surface area (Å²) in [6, 6.07) is 15.7. The number of nitrogens with one attached hydrogen (secondary N) is 1. The molecule has 0 spiro atoms. The number of likely N-dealkylation sites (tertiary alicyclic amines) is 1. The van der Waals surface area contributed by atoms with E-state index in [9.17, 15) is 8.42 Å². The molecule has 0 aromatic heterocycles. The molecule has 0 saturated carbocycles. The summed E-state index contributed by atoms with van der Waals surface area (Å²) in [5.41, 5.74) is 4.07. The van der Waals surface area contributed by atoms with Crippen molar-refractivity contribution < 1.29 is 8.42 Å². The summed E-state index contributed by atoms with van der Waals surface area (Å²) >= 11 is 12.2. The van der Waals surface area contributed by atoms with E-state index in [0.717, 1.165) is 35.5 Å². The predicted molar refractivity (Wildman–Crippen MR) is 133 cm³/mol. The quantitative estimate of drug-likeness (QED) is 0.568. The molecule has 0 atom stereocenters. The van der Waals surface area contributed by atoms with Gasteiger partial charge in [-0.25, -0.2) is 8.42 Å². The van der Waals surface area contributed by atoms with E-state index in [0.29, 0.717) is 16.5 Å². The molecule has 1 N–H and O–H groups in total. The summed E-state index contributed by atoms with van der Waals surface area (Å²) in [5, 5.41) is 5.91. The molecule has 2 aromatic carbocycles. The van der Waals surface area contributed by atoms with Crippen LogP contribution in [0.5, 0.6) is 0 Å². The second-order valence-corrected chi connectivity index (χ2v) is 11.1. The fourth-order valence-electron chi connectivity index (χ4n) is 4.32. The van der Waals surface area contributed by atoms with Crippen molar-refractivity contribution in [3.05, 3.63) is 105 Å². The largest absolute Gasteiger partial charge is 0.391 e. The first-order valence-corrected chi connectivity index (χ1v) is 13.0. The zero-order valence-electron chi connectivity index (χ0n) is 17.8. The lowest BCUT2D eigenvalue weighted by Crippen LogP contribution is -2.51. The third-order valence-corrected chi connectivity index (χ3v) is 7.95. The Morgan fingerprint density at radius 1 is 1.03 bits per heavy atom. The third-order valence-electron chi connectivity index (χ3n) is 5.84. The number of nitrogens with zero attached hydrogens (tertiary/aromatic N) is 1. The van der Waals surface area contributed by atoms with Gasteiger partial charge in [0.2, 0.25) is 0 Å². The van der Waals surface area contributed by atoms with Crippen LogP contribution in [-0.2, 0) is 9.84 Å². The first kappa shape index (κ1) is 23.1. The molecule has 0 radical (unpaired) electrons. The molecule has 0 amide bonds. The van der Waals surface area contributed by atoms with Crippen molar-refractivity contribution >= 4 is 33.0 Å². The van der Waals surface area contributed by atoms with Crippen LogP contribution < -0.4 is 5.32 Å². The van der Waals surface area contributed by atoms with E-state index in [2.05, 4.69) is 10.2 Å². The SMILES string of the molecule is CNC1=CC=CC(=CS(=O)(=O)CC2CN(C(c3ccc(Cl)cc3)c3ccc(Cl)cc3)C2)C1. The van der Waals surface area contributed by atoms with Crippen LogP contribution in [0.15, 0.2) is 83.4 Å². The molecule has 2 aromatic rings. The zero-order valence-corrected chi connectivity index (χ0v) is 20.2. The Kier molecular flexibility index (Phi) is 7.11. The van der Waals surface area contributed by atoms with Gasteiger partial charge in [0.25, 0.3) is 0 Å². The Morgan fingerprint density at radius 3 is 2.12 bits per heavy atom. The van der Waals surface area contributed by atoms with Gasteiger partial charge in [0, 0.05) is 47.7 Å². The molecule has 4 nitrogen and oxygen atoms in total. The van der Waals surface area contributed by atoms with Crippen molar-refractivity contribution in [1.29, 1.82) is 0 Å². The Balaban J connectivity index is 1.46. The van der Waals surface area contributed by atoms with Gasteiger partial charge in [-0.1, -0.05) is 59.6 Å². The van der Waals surface area contributed by atoms with E-state index in [-0.39, 0.29) is 17.7 Å². The summed E-state index contributed by atoms with van der Waals surface area (Å²) in [6.07, 6.45) is 6.31. The van der Waals surface area contributed by atoms with Crippen LogP contribution in [0.2, 0.25) is 10.0 Å². The van der Waals surface area contributed by atoms with Gasteiger partial charge in [0.1, 0.15) is 0 Å². The van der Waals surface area contributed by atoms with Crippen LogP contribution in [-0.4, -0.2) is 39.2 Å². The first-order valence-electron chi connectivity index (χ1n) is 10.6. The molecule has 4 rings (SSSR count). The van der Waals surface area contributed by atoms with Crippen molar-refractivity contribution in [2.75, 3.05) is 25.9 Å². The normalized spacial score (nSPS) is 18.6. The summed E-state index contributed by atoms with van der Waals surface area (Å²) in [7, 11) is -1.45. The fraction of sp³-hybridized carbons (Fsp3) is 0.280. The molecule has 168 valence electrons. The zero-order chi connectivity index (χ0) is 22.7. The van der Waals surface area contributed by atoms with E-state index >= 15 is 0 Å². The van der Waals surface area contributed by atoms with Gasteiger partial charge in [0.15, 0.2) is 9.84 Å². The average molecular weight is 489 g/mol. The third kappa shape index (κ3) is 5.65. The average Bonchev–Trinajstić information content (AvgIpc) is 2.74. The Labute approximate surface area is 200 Å². The minimum atomic E-state index is -3.29. The van der Waals surface area contributed by atoms with Crippen LogP contribution in [0.3, 0.4) is 0 Å². The molecule has 1 heterocycles. The highest BCUT2D eigenvalue weighted by molar-refractivity contribution is 7.94. The molecule has 2 aliphatic rings. The van der Waals surface area contributed by atoms with Gasteiger partial charge in [-0.3, -0.25) is 4.90 Å². The monoisotopic (exact) mass is 488 g/mol. The maximum absolute atomic E-state index is 12.8. The lowest BCUT2D eigenvalue weighted by molar-refractivity contribution is 0.0813. The van der Waals surface area contributed by atoms with Crippen molar-refractivity contribution in [3.63, 3.8) is 0 Å². The van der Waals surface area contributed by atoms with Crippen LogP contribution in [0, 0.1) is 5.92 Å². The summed E-state index contributed by atoms with van der Waals surface area (Å²) in [6.45, 7) is 1.44. The Bertz CT molecular complexity index is 1100. The molecule has 1 aliphatic carbocycles. The standard InChI is InChI=1S/C25H26Cl2N2O2S/c1-28-24-4-2-3-18(13-24)16-32(30,31)17-19-14-29(15-19)25(20-5-9-22(26)10-6-20)21-7-11-23(27)12-8-21/h2-12,16,19,25,28H,13-15,17H2,1H3. The van der Waals surface area contributed by atoms with Crippen LogP contribution in [0.25, 0.3) is 0 Å². The van der Waals surface area contributed by atoms with Gasteiger partial charge < -0.3 is 5.32 Å². The van der Waals surface area contributed by atoms with Crippen molar-refractivity contribution in [2.24, 2.45) is 5.92 Å². The second-order valence-electron chi connectivity index (χ2n) is 8.33. The van der Waals surface area contributed by atoms with Gasteiger partial charge in [-0.15, -0.1) is 0 Å². The molecule has 7 heteroatoms. The first-order chi connectivity index (χ1) is 15.3. The fourth-order valence-corrected chi connectivity index (χ4v) is 6.16. The Hall–Kier alpha value is -2.05. The summed E-state index contributed by atoms with van der Waals surface area (Å²) in [4.78, 5) is 2.31. The van der Waals surface area contributed by atoms with Gasteiger partial charge >= 0.3 is 0 Å². The molecule has 0 unspecified atom stereocenters. The van der Waals surface area contributed by atoms with Crippen molar-refractivity contribution in [3.8, 4) is 0 Å². The van der Waals surface area contributed by atoms with Crippen molar-refractivity contribution in [2.45, 2.75) is 12.5 Å². The van der Waals surface area contributed by atoms with E-state index in [1.807, 2.05) is 73.8 Å². The maximum atomic E-state index is 12.8. The minimum Gasteiger partial charge on any atom is -0.391 e. The highest BCUT2D eigenvalue weighted by Gasteiger charge is 2.36. The highest BCUT2D eigenvalue weighted by atomic mass is 35.5. The lowest BCUT2D eigenvalue weighted by Gasteiger charge is -2.44. The number of rotatable bonds is 7. The molecular weight excluding hydrogens is 463 g/mol. The molecule has 1 fully saturated rings. The van der Waals surface area contributed by atoms with E-state index < -0.39 is 9.84 Å². The molecular formula is C25H26Cl2N2O2S. The lowest BCUT2D eigenvalue weighted by atomic mass is 9.91.